The van der Waals surface area contributed by atoms with Gasteiger partial charge in [0.15, 0.2) is 0 Å². The molecule has 2 aliphatic rings. The molecular weight excluding hydrogens is 228 g/mol. The molecule has 0 aromatic rings. The largest absolute Gasteiger partial charge is 0.0596 e. The van der Waals surface area contributed by atoms with E-state index < -0.39 is 0 Å². The van der Waals surface area contributed by atoms with Crippen molar-refractivity contribution in [3.8, 4) is 0 Å². The van der Waals surface area contributed by atoms with E-state index in [9.17, 15) is 0 Å². The van der Waals surface area contributed by atoms with E-state index in [2.05, 4.69) is 41.5 Å². The van der Waals surface area contributed by atoms with Crippen LogP contribution in [-0.2, 0) is 0 Å². The van der Waals surface area contributed by atoms with E-state index in [1.54, 1.807) is 0 Å². The Morgan fingerprint density at radius 3 is 2.11 bits per heavy atom. The molecule has 0 nitrogen and oxygen atoms in total. The summed E-state index contributed by atoms with van der Waals surface area (Å²) in [6, 6.07) is 0. The second-order valence-corrected chi connectivity index (χ2v) is 9.08. The van der Waals surface area contributed by atoms with E-state index in [0.29, 0.717) is 16.2 Å². The van der Waals surface area contributed by atoms with Crippen molar-refractivity contribution in [3.63, 3.8) is 0 Å². The Kier molecular flexibility index (Phi) is 4.11. The Balaban J connectivity index is 2.30. The normalized spacial score (nSPS) is 37.3. The maximum absolute atomic E-state index is 2.62. The van der Waals surface area contributed by atoms with E-state index in [1.807, 2.05) is 5.92 Å². The van der Waals surface area contributed by atoms with Gasteiger partial charge < -0.3 is 0 Å². The molecule has 0 aliphatic heterocycles. The first kappa shape index (κ1) is 15.4. The van der Waals surface area contributed by atoms with Crippen LogP contribution in [0.15, 0.2) is 0 Å². The van der Waals surface area contributed by atoms with Crippen LogP contribution in [0.3, 0.4) is 0 Å². The highest BCUT2D eigenvalue weighted by Crippen LogP contribution is 2.61. The molecule has 2 fully saturated rings. The van der Waals surface area contributed by atoms with Crippen LogP contribution >= 0.6 is 0 Å². The van der Waals surface area contributed by atoms with Gasteiger partial charge in [-0.3, -0.25) is 0 Å². The first-order valence-corrected chi connectivity index (χ1v) is 8.55. The second-order valence-electron chi connectivity index (χ2n) is 9.08. The molecule has 111 valence electrons. The maximum Gasteiger partial charge on any atom is -0.0151 e. The van der Waals surface area contributed by atoms with Crippen molar-refractivity contribution in [2.45, 2.75) is 92.9 Å². The lowest BCUT2D eigenvalue weighted by atomic mass is 9.47. The first-order valence-electron chi connectivity index (χ1n) is 8.55. The molecule has 0 aromatic carbocycles. The molecule has 0 bridgehead atoms. The Bertz CT molecular complexity index is 306. The fraction of sp³-hybridized carbons (Fsp3) is 0.947. The van der Waals surface area contributed by atoms with E-state index in [4.69, 9.17) is 0 Å². The summed E-state index contributed by atoms with van der Waals surface area (Å²) < 4.78 is 0. The van der Waals surface area contributed by atoms with Crippen molar-refractivity contribution in [1.29, 1.82) is 0 Å². The van der Waals surface area contributed by atoms with Gasteiger partial charge in [-0.05, 0) is 53.8 Å². The highest BCUT2D eigenvalue weighted by molar-refractivity contribution is 5.14. The molecule has 0 amide bonds. The smallest absolute Gasteiger partial charge is 0.0151 e. The zero-order chi connectivity index (χ0) is 14.3. The van der Waals surface area contributed by atoms with Crippen LogP contribution in [0, 0.1) is 28.1 Å². The minimum Gasteiger partial charge on any atom is -0.0596 e. The van der Waals surface area contributed by atoms with Gasteiger partial charge in [0.25, 0.3) is 0 Å². The topological polar surface area (TPSA) is 0 Å². The van der Waals surface area contributed by atoms with Gasteiger partial charge in [0, 0.05) is 0 Å². The van der Waals surface area contributed by atoms with Gasteiger partial charge in [0.2, 0.25) is 0 Å². The SMILES string of the molecule is CC(C)(C)[C]1CCCCC1C1(C)CCCCC1(C)C. The molecule has 2 atom stereocenters. The summed E-state index contributed by atoms with van der Waals surface area (Å²) in [6.45, 7) is 15.0. The molecular formula is C19H35. The highest BCUT2D eigenvalue weighted by Gasteiger charge is 2.52. The second kappa shape index (κ2) is 5.08. The summed E-state index contributed by atoms with van der Waals surface area (Å²) >= 11 is 0. The monoisotopic (exact) mass is 263 g/mol. The van der Waals surface area contributed by atoms with Gasteiger partial charge in [0.05, 0.1) is 0 Å². The summed E-state index contributed by atoms with van der Waals surface area (Å²) in [7, 11) is 0. The standard InChI is InChI=1S/C19H35/c1-17(2,3)15-11-7-8-12-16(15)19(6)14-10-9-13-18(19,4)5/h16H,7-14H2,1-6H3. The third-order valence-electron chi connectivity index (χ3n) is 6.64. The van der Waals surface area contributed by atoms with Crippen LogP contribution in [0.1, 0.15) is 92.9 Å². The zero-order valence-corrected chi connectivity index (χ0v) is 14.2. The van der Waals surface area contributed by atoms with E-state index in [-0.39, 0.29) is 0 Å². The predicted octanol–water partition coefficient (Wildman–Crippen LogP) is 6.40. The predicted molar refractivity (Wildman–Crippen MR) is 85.0 cm³/mol. The molecule has 2 saturated carbocycles. The van der Waals surface area contributed by atoms with E-state index in [0.717, 1.165) is 5.92 Å². The minimum absolute atomic E-state index is 0.404. The van der Waals surface area contributed by atoms with E-state index in [1.165, 1.54) is 51.4 Å². The van der Waals surface area contributed by atoms with Crippen LogP contribution in [0.4, 0.5) is 0 Å². The van der Waals surface area contributed by atoms with Crippen molar-refractivity contribution >= 4 is 0 Å². The average molecular weight is 263 g/mol. The Morgan fingerprint density at radius 2 is 1.53 bits per heavy atom. The minimum atomic E-state index is 0.404. The van der Waals surface area contributed by atoms with E-state index >= 15 is 0 Å². The molecule has 0 spiro atoms. The number of hydrogen-bond donors (Lipinski definition) is 0. The van der Waals surface area contributed by atoms with Crippen LogP contribution in [0.2, 0.25) is 0 Å². The highest BCUT2D eigenvalue weighted by atomic mass is 14.6. The van der Waals surface area contributed by atoms with Gasteiger partial charge >= 0.3 is 0 Å². The fourth-order valence-corrected chi connectivity index (χ4v) is 4.94. The van der Waals surface area contributed by atoms with Gasteiger partial charge in [-0.2, -0.15) is 0 Å². The van der Waals surface area contributed by atoms with Crippen LogP contribution < -0.4 is 0 Å². The molecule has 2 unspecified atom stereocenters. The van der Waals surface area contributed by atoms with Gasteiger partial charge in [-0.1, -0.05) is 67.2 Å². The Hall–Kier alpha value is 0. The number of hydrogen-bond acceptors (Lipinski definition) is 0. The van der Waals surface area contributed by atoms with Gasteiger partial charge in [-0.25, -0.2) is 0 Å². The molecule has 0 N–H and O–H groups in total. The molecule has 0 heterocycles. The Labute approximate surface area is 121 Å². The van der Waals surface area contributed by atoms with Crippen molar-refractivity contribution in [1.82, 2.24) is 0 Å². The maximum atomic E-state index is 2.62. The average Bonchev–Trinajstić information content (AvgIpc) is 2.32. The van der Waals surface area contributed by atoms with Crippen LogP contribution in [0.25, 0.3) is 0 Å². The summed E-state index contributed by atoms with van der Waals surface area (Å²) in [5.74, 6) is 2.76. The fourth-order valence-electron chi connectivity index (χ4n) is 4.94. The summed E-state index contributed by atoms with van der Waals surface area (Å²) in [6.07, 6.45) is 11.5. The van der Waals surface area contributed by atoms with Crippen molar-refractivity contribution in [3.05, 3.63) is 5.92 Å². The molecule has 1 radical (unpaired) electrons. The molecule has 0 saturated heterocycles. The molecule has 0 heteroatoms. The van der Waals surface area contributed by atoms with Gasteiger partial charge in [0.1, 0.15) is 0 Å². The van der Waals surface area contributed by atoms with Crippen LogP contribution in [-0.4, -0.2) is 0 Å². The lowest BCUT2D eigenvalue weighted by molar-refractivity contribution is -0.0383. The zero-order valence-electron chi connectivity index (χ0n) is 14.2. The summed E-state index contributed by atoms with van der Waals surface area (Å²) in [5.41, 5.74) is 1.46. The quantitative estimate of drug-likeness (QED) is 0.513. The third kappa shape index (κ3) is 2.74. The lowest BCUT2D eigenvalue weighted by Gasteiger charge is -2.58. The van der Waals surface area contributed by atoms with Crippen LogP contribution in [0.5, 0.6) is 0 Å². The van der Waals surface area contributed by atoms with Gasteiger partial charge in [-0.15, -0.1) is 0 Å². The van der Waals surface area contributed by atoms with Crippen molar-refractivity contribution in [2.24, 2.45) is 22.2 Å². The Morgan fingerprint density at radius 1 is 0.895 bits per heavy atom. The molecule has 0 aromatic heterocycles. The summed E-state index contributed by atoms with van der Waals surface area (Å²) in [5, 5.41) is 0. The van der Waals surface area contributed by atoms with Crippen molar-refractivity contribution in [2.75, 3.05) is 0 Å². The third-order valence-corrected chi connectivity index (χ3v) is 6.64. The molecule has 2 aliphatic carbocycles. The van der Waals surface area contributed by atoms with Crippen molar-refractivity contribution < 1.29 is 0 Å². The summed E-state index contributed by atoms with van der Waals surface area (Å²) in [4.78, 5) is 0. The molecule has 2 rings (SSSR count). The molecule has 19 heavy (non-hydrogen) atoms. The first-order chi connectivity index (χ1) is 8.68. The lowest BCUT2D eigenvalue weighted by Crippen LogP contribution is -2.49. The number of rotatable bonds is 1.